The zero-order chi connectivity index (χ0) is 14.4. The first kappa shape index (κ1) is 15.2. The first-order valence-electron chi connectivity index (χ1n) is 7.29. The summed E-state index contributed by atoms with van der Waals surface area (Å²) in [7, 11) is 0. The lowest BCUT2D eigenvalue weighted by molar-refractivity contribution is -0.123. The van der Waals surface area contributed by atoms with Crippen LogP contribution in [0.25, 0.3) is 0 Å². The van der Waals surface area contributed by atoms with Gasteiger partial charge in [0.2, 0.25) is 0 Å². The quantitative estimate of drug-likeness (QED) is 0.875. The van der Waals surface area contributed by atoms with Crippen LogP contribution in [-0.4, -0.2) is 29.6 Å². The first-order valence-corrected chi connectivity index (χ1v) is 8.34. The molecule has 1 aliphatic rings. The highest BCUT2D eigenvalue weighted by Gasteiger charge is 2.28. The molecule has 3 nitrogen and oxygen atoms in total. The molecule has 0 aliphatic heterocycles. The third-order valence-electron chi connectivity index (χ3n) is 3.54. The second kappa shape index (κ2) is 7.58. The van der Waals surface area contributed by atoms with E-state index in [9.17, 15) is 4.79 Å². The Kier molecular flexibility index (Phi) is 5.77. The fourth-order valence-corrected chi connectivity index (χ4v) is 3.81. The summed E-state index contributed by atoms with van der Waals surface area (Å²) in [6.45, 7) is 4.28. The predicted octanol–water partition coefficient (Wildman–Crippen LogP) is 3.16. The molecule has 1 saturated carbocycles. The van der Waals surface area contributed by atoms with Gasteiger partial charge in [-0.2, -0.15) is 11.8 Å². The minimum absolute atomic E-state index is 0.0138. The highest BCUT2D eigenvalue weighted by atomic mass is 32.2. The van der Waals surface area contributed by atoms with Crippen LogP contribution in [0.3, 0.4) is 0 Å². The third-order valence-corrected chi connectivity index (χ3v) is 4.86. The van der Waals surface area contributed by atoms with Gasteiger partial charge in [0.25, 0.3) is 5.91 Å². The Morgan fingerprint density at radius 2 is 2.30 bits per heavy atom. The van der Waals surface area contributed by atoms with Crippen molar-refractivity contribution in [3.8, 4) is 5.75 Å². The summed E-state index contributed by atoms with van der Waals surface area (Å²) in [5, 5.41) is 3.69. The zero-order valence-corrected chi connectivity index (χ0v) is 13.0. The average molecular weight is 293 g/mol. The molecule has 0 spiro atoms. The summed E-state index contributed by atoms with van der Waals surface area (Å²) in [5.74, 6) is 1.85. The number of amides is 1. The Balaban J connectivity index is 1.78. The van der Waals surface area contributed by atoms with Crippen LogP contribution < -0.4 is 10.1 Å². The van der Waals surface area contributed by atoms with E-state index in [4.69, 9.17) is 4.74 Å². The van der Waals surface area contributed by atoms with E-state index in [0.717, 1.165) is 23.5 Å². The normalized spacial score (nSPS) is 21.7. The zero-order valence-electron chi connectivity index (χ0n) is 12.2. The van der Waals surface area contributed by atoms with Gasteiger partial charge in [-0.25, -0.2) is 0 Å². The van der Waals surface area contributed by atoms with Gasteiger partial charge in [-0.3, -0.25) is 4.79 Å². The number of rotatable bonds is 6. The summed E-state index contributed by atoms with van der Waals surface area (Å²) < 4.78 is 5.54. The van der Waals surface area contributed by atoms with Gasteiger partial charge < -0.3 is 10.1 Å². The highest BCUT2D eigenvalue weighted by molar-refractivity contribution is 7.99. The van der Waals surface area contributed by atoms with Crippen LogP contribution >= 0.6 is 11.8 Å². The molecule has 1 N–H and O–H groups in total. The number of benzene rings is 1. The molecule has 110 valence electrons. The van der Waals surface area contributed by atoms with Gasteiger partial charge in [-0.1, -0.05) is 25.5 Å². The number of hydrogen-bond acceptors (Lipinski definition) is 3. The number of nitrogens with one attached hydrogen (secondary N) is 1. The molecule has 4 heteroatoms. The number of ether oxygens (including phenoxy) is 1. The number of carbonyl (C=O) groups is 1. The molecule has 2 rings (SSSR count). The standard InChI is InChI=1S/C16H23NO2S/c1-3-20-15-9-5-8-14(15)17-16(18)11-19-13-7-4-6-12(2)10-13/h4,6-7,10,14-15H,3,5,8-9,11H2,1-2H3,(H,17,18)/t14-,15+/m1/s1. The highest BCUT2D eigenvalue weighted by Crippen LogP contribution is 2.29. The van der Waals surface area contributed by atoms with Crippen molar-refractivity contribution in [2.75, 3.05) is 12.4 Å². The van der Waals surface area contributed by atoms with Crippen LogP contribution in [0, 0.1) is 6.92 Å². The van der Waals surface area contributed by atoms with E-state index in [2.05, 4.69) is 12.2 Å². The molecular weight excluding hydrogens is 270 g/mol. The molecular formula is C16H23NO2S. The molecule has 0 unspecified atom stereocenters. The van der Waals surface area contributed by atoms with Crippen molar-refractivity contribution in [1.82, 2.24) is 5.32 Å². The average Bonchev–Trinajstić information content (AvgIpc) is 2.84. The van der Waals surface area contributed by atoms with Gasteiger partial charge in [-0.05, 0) is 43.2 Å². The van der Waals surface area contributed by atoms with Crippen LogP contribution in [0.5, 0.6) is 5.75 Å². The van der Waals surface area contributed by atoms with E-state index < -0.39 is 0 Å². The number of hydrogen-bond donors (Lipinski definition) is 1. The number of aryl methyl sites for hydroxylation is 1. The molecule has 0 heterocycles. The van der Waals surface area contributed by atoms with E-state index in [1.165, 1.54) is 12.8 Å². The lowest BCUT2D eigenvalue weighted by atomic mass is 10.2. The Bertz CT molecular complexity index is 450. The number of carbonyl (C=O) groups excluding carboxylic acids is 1. The van der Waals surface area contributed by atoms with Crippen LogP contribution in [0.1, 0.15) is 31.7 Å². The van der Waals surface area contributed by atoms with Crippen molar-refractivity contribution >= 4 is 17.7 Å². The minimum Gasteiger partial charge on any atom is -0.484 e. The topological polar surface area (TPSA) is 38.3 Å². The van der Waals surface area contributed by atoms with E-state index in [1.807, 2.05) is 43.0 Å². The summed E-state index contributed by atoms with van der Waals surface area (Å²) in [6, 6.07) is 8.09. The van der Waals surface area contributed by atoms with E-state index in [-0.39, 0.29) is 12.5 Å². The molecule has 2 atom stereocenters. The summed E-state index contributed by atoms with van der Waals surface area (Å²) in [4.78, 5) is 12.0. The molecule has 1 aromatic carbocycles. The van der Waals surface area contributed by atoms with Crippen LogP contribution in [0.2, 0.25) is 0 Å². The van der Waals surface area contributed by atoms with Crippen molar-refractivity contribution < 1.29 is 9.53 Å². The maximum atomic E-state index is 12.0. The Hall–Kier alpha value is -1.16. The van der Waals surface area contributed by atoms with Gasteiger partial charge in [0.15, 0.2) is 6.61 Å². The maximum absolute atomic E-state index is 12.0. The molecule has 0 radical (unpaired) electrons. The monoisotopic (exact) mass is 293 g/mol. The van der Waals surface area contributed by atoms with E-state index >= 15 is 0 Å². The smallest absolute Gasteiger partial charge is 0.258 e. The van der Waals surface area contributed by atoms with E-state index in [0.29, 0.717) is 11.3 Å². The van der Waals surface area contributed by atoms with Gasteiger partial charge >= 0.3 is 0 Å². The summed E-state index contributed by atoms with van der Waals surface area (Å²) >= 11 is 1.95. The largest absolute Gasteiger partial charge is 0.484 e. The molecule has 1 fully saturated rings. The second-order valence-electron chi connectivity index (χ2n) is 5.20. The minimum atomic E-state index is -0.0138. The summed E-state index contributed by atoms with van der Waals surface area (Å²) in [5.41, 5.74) is 1.14. The van der Waals surface area contributed by atoms with Gasteiger partial charge in [-0.15, -0.1) is 0 Å². The Morgan fingerprint density at radius 3 is 3.05 bits per heavy atom. The van der Waals surface area contributed by atoms with Crippen molar-refractivity contribution in [2.24, 2.45) is 0 Å². The third kappa shape index (κ3) is 4.44. The van der Waals surface area contributed by atoms with Crippen LogP contribution in [0.15, 0.2) is 24.3 Å². The molecule has 1 aliphatic carbocycles. The fourth-order valence-electron chi connectivity index (χ4n) is 2.61. The molecule has 1 aromatic rings. The van der Waals surface area contributed by atoms with Crippen molar-refractivity contribution in [3.05, 3.63) is 29.8 Å². The Labute approximate surface area is 125 Å². The van der Waals surface area contributed by atoms with Gasteiger partial charge in [0.1, 0.15) is 5.75 Å². The molecule has 20 heavy (non-hydrogen) atoms. The first-order chi connectivity index (χ1) is 9.69. The SMILES string of the molecule is CCS[C@H]1CCC[C@H]1NC(=O)COc1cccc(C)c1. The van der Waals surface area contributed by atoms with Crippen molar-refractivity contribution in [3.63, 3.8) is 0 Å². The summed E-state index contributed by atoms with van der Waals surface area (Å²) in [6.07, 6.45) is 3.51. The lowest BCUT2D eigenvalue weighted by Crippen LogP contribution is -2.41. The van der Waals surface area contributed by atoms with Gasteiger partial charge in [0.05, 0.1) is 0 Å². The lowest BCUT2D eigenvalue weighted by Gasteiger charge is -2.20. The van der Waals surface area contributed by atoms with E-state index in [1.54, 1.807) is 0 Å². The van der Waals surface area contributed by atoms with Gasteiger partial charge in [0, 0.05) is 11.3 Å². The van der Waals surface area contributed by atoms with Crippen LogP contribution in [-0.2, 0) is 4.79 Å². The number of thioether (sulfide) groups is 1. The molecule has 0 aromatic heterocycles. The van der Waals surface area contributed by atoms with Crippen molar-refractivity contribution in [1.29, 1.82) is 0 Å². The molecule has 0 bridgehead atoms. The molecule has 0 saturated heterocycles. The second-order valence-corrected chi connectivity index (χ2v) is 6.72. The fraction of sp³-hybridized carbons (Fsp3) is 0.562. The Morgan fingerprint density at radius 1 is 1.45 bits per heavy atom. The van der Waals surface area contributed by atoms with Crippen molar-refractivity contribution in [2.45, 2.75) is 44.4 Å². The van der Waals surface area contributed by atoms with Crippen LogP contribution in [0.4, 0.5) is 0 Å². The maximum Gasteiger partial charge on any atom is 0.258 e. The predicted molar refractivity (Wildman–Crippen MR) is 84.4 cm³/mol. The molecule has 1 amide bonds.